The van der Waals surface area contributed by atoms with Crippen LogP contribution in [-0.2, 0) is 0 Å². The summed E-state index contributed by atoms with van der Waals surface area (Å²) in [7, 11) is 0. The van der Waals surface area contributed by atoms with Crippen molar-refractivity contribution < 1.29 is 0 Å². The van der Waals surface area contributed by atoms with E-state index in [-0.39, 0.29) is 0 Å². The maximum atomic E-state index is 5.63. The van der Waals surface area contributed by atoms with Crippen molar-refractivity contribution in [2.75, 3.05) is 5.73 Å². The van der Waals surface area contributed by atoms with Gasteiger partial charge in [-0.15, -0.1) is 0 Å². The number of anilines is 1. The van der Waals surface area contributed by atoms with Gasteiger partial charge in [-0.1, -0.05) is 0 Å². The summed E-state index contributed by atoms with van der Waals surface area (Å²) in [5, 5.41) is 4.15. The van der Waals surface area contributed by atoms with Crippen LogP contribution in [0.4, 0.5) is 5.82 Å². The van der Waals surface area contributed by atoms with E-state index >= 15 is 0 Å². The molecule has 0 aromatic carbocycles. The summed E-state index contributed by atoms with van der Waals surface area (Å²) in [4.78, 5) is 3.93. The molecule has 2 aromatic heterocycles. The summed E-state index contributed by atoms with van der Waals surface area (Å²) in [6, 6.07) is 3.76. The Morgan fingerprint density at radius 2 is 2.00 bits per heavy atom. The smallest absolute Gasteiger partial charge is 0.148 e. The Bertz CT molecular complexity index is 385. The van der Waals surface area contributed by atoms with Gasteiger partial charge in [0.1, 0.15) is 5.82 Å². The first kappa shape index (κ1) is 7.79. The highest BCUT2D eigenvalue weighted by Crippen LogP contribution is 2.11. The minimum absolute atomic E-state index is 0.566. The lowest BCUT2D eigenvalue weighted by molar-refractivity contribution is 0.882. The molecule has 0 fully saturated rings. The summed E-state index contributed by atoms with van der Waals surface area (Å²) in [5.74, 6) is 0.566. The van der Waals surface area contributed by atoms with E-state index in [0.717, 1.165) is 11.3 Å². The Morgan fingerprint density at radius 3 is 2.54 bits per heavy atom. The molecule has 0 aliphatic rings. The minimum atomic E-state index is 0.566. The zero-order valence-electron chi connectivity index (χ0n) is 7.31. The maximum absolute atomic E-state index is 5.63. The average Bonchev–Trinajstić information content (AvgIpc) is 2.49. The first-order chi connectivity index (χ1) is 6.27. The van der Waals surface area contributed by atoms with Crippen molar-refractivity contribution in [3.8, 4) is 5.69 Å². The second-order valence-electron chi connectivity index (χ2n) is 2.85. The lowest BCUT2D eigenvalue weighted by Gasteiger charge is -1.97. The maximum Gasteiger partial charge on any atom is 0.148 e. The van der Waals surface area contributed by atoms with Crippen LogP contribution in [0.3, 0.4) is 0 Å². The number of nitrogens with zero attached hydrogens (tertiary/aromatic N) is 3. The van der Waals surface area contributed by atoms with Gasteiger partial charge in [-0.2, -0.15) is 5.10 Å². The van der Waals surface area contributed by atoms with Crippen LogP contribution in [0.25, 0.3) is 5.69 Å². The van der Waals surface area contributed by atoms with Gasteiger partial charge in [0.25, 0.3) is 0 Å². The number of hydrogen-bond acceptors (Lipinski definition) is 3. The summed E-state index contributed by atoms with van der Waals surface area (Å²) in [6.07, 6.45) is 5.34. The molecule has 2 heterocycles. The summed E-state index contributed by atoms with van der Waals surface area (Å²) < 4.78 is 1.74. The van der Waals surface area contributed by atoms with Crippen LogP contribution in [0.15, 0.2) is 30.7 Å². The zero-order valence-corrected chi connectivity index (χ0v) is 7.31. The summed E-state index contributed by atoms with van der Waals surface area (Å²) >= 11 is 0. The second-order valence-corrected chi connectivity index (χ2v) is 2.85. The zero-order chi connectivity index (χ0) is 9.26. The van der Waals surface area contributed by atoms with Gasteiger partial charge in [0, 0.05) is 24.2 Å². The number of aromatic nitrogens is 3. The van der Waals surface area contributed by atoms with Crippen molar-refractivity contribution >= 4 is 5.82 Å². The van der Waals surface area contributed by atoms with Crippen molar-refractivity contribution in [1.29, 1.82) is 0 Å². The van der Waals surface area contributed by atoms with E-state index < -0.39 is 0 Å². The molecular weight excluding hydrogens is 164 g/mol. The van der Waals surface area contributed by atoms with Gasteiger partial charge in [-0.05, 0) is 19.1 Å². The SMILES string of the molecule is Cc1cn(-c2ccncc2)nc1N. The normalized spacial score (nSPS) is 10.2. The van der Waals surface area contributed by atoms with Crippen LogP contribution in [0.1, 0.15) is 5.56 Å². The number of nitrogens with two attached hydrogens (primary N) is 1. The van der Waals surface area contributed by atoms with Gasteiger partial charge in [-0.25, -0.2) is 4.68 Å². The van der Waals surface area contributed by atoms with Gasteiger partial charge in [-0.3, -0.25) is 4.98 Å². The molecular formula is C9H10N4. The molecule has 0 aliphatic carbocycles. The highest BCUT2D eigenvalue weighted by Gasteiger charge is 2.01. The molecule has 0 bridgehead atoms. The molecule has 66 valence electrons. The van der Waals surface area contributed by atoms with Gasteiger partial charge < -0.3 is 5.73 Å². The van der Waals surface area contributed by atoms with Gasteiger partial charge in [0.05, 0.1) is 5.69 Å². The van der Waals surface area contributed by atoms with Crippen LogP contribution in [0.2, 0.25) is 0 Å². The molecule has 4 heteroatoms. The first-order valence-corrected chi connectivity index (χ1v) is 3.99. The second kappa shape index (κ2) is 2.90. The van der Waals surface area contributed by atoms with E-state index in [2.05, 4.69) is 10.1 Å². The van der Waals surface area contributed by atoms with Crippen LogP contribution in [0, 0.1) is 6.92 Å². The number of aryl methyl sites for hydroxylation is 1. The lowest BCUT2D eigenvalue weighted by Crippen LogP contribution is -1.95. The van der Waals surface area contributed by atoms with Crippen LogP contribution in [0.5, 0.6) is 0 Å². The fourth-order valence-corrected chi connectivity index (χ4v) is 1.10. The molecule has 0 spiro atoms. The van der Waals surface area contributed by atoms with E-state index in [9.17, 15) is 0 Å². The molecule has 2 N–H and O–H groups in total. The fraction of sp³-hybridized carbons (Fsp3) is 0.111. The van der Waals surface area contributed by atoms with E-state index in [0.29, 0.717) is 5.82 Å². The van der Waals surface area contributed by atoms with E-state index in [1.54, 1.807) is 17.1 Å². The first-order valence-electron chi connectivity index (χ1n) is 3.99. The third kappa shape index (κ3) is 1.38. The molecule has 2 rings (SSSR count). The molecule has 0 aliphatic heterocycles. The van der Waals surface area contributed by atoms with E-state index in [1.165, 1.54) is 0 Å². The topological polar surface area (TPSA) is 56.7 Å². The van der Waals surface area contributed by atoms with Crippen molar-refractivity contribution in [3.05, 3.63) is 36.3 Å². The van der Waals surface area contributed by atoms with Gasteiger partial charge in [0.2, 0.25) is 0 Å². The largest absolute Gasteiger partial charge is 0.382 e. The molecule has 0 saturated heterocycles. The molecule has 13 heavy (non-hydrogen) atoms. The Morgan fingerprint density at radius 1 is 1.31 bits per heavy atom. The van der Waals surface area contributed by atoms with Crippen LogP contribution in [-0.4, -0.2) is 14.8 Å². The van der Waals surface area contributed by atoms with E-state index in [1.807, 2.05) is 25.3 Å². The Labute approximate surface area is 76.0 Å². The van der Waals surface area contributed by atoms with Crippen molar-refractivity contribution in [2.24, 2.45) is 0 Å². The molecule has 0 saturated carbocycles. The van der Waals surface area contributed by atoms with Crippen molar-refractivity contribution in [2.45, 2.75) is 6.92 Å². The van der Waals surface area contributed by atoms with Crippen LogP contribution >= 0.6 is 0 Å². The van der Waals surface area contributed by atoms with Crippen molar-refractivity contribution in [1.82, 2.24) is 14.8 Å². The predicted molar refractivity (Wildman–Crippen MR) is 50.5 cm³/mol. The third-order valence-electron chi connectivity index (χ3n) is 1.86. The molecule has 2 aromatic rings. The monoisotopic (exact) mass is 174 g/mol. The number of hydrogen-bond donors (Lipinski definition) is 1. The molecule has 0 unspecified atom stereocenters. The molecule has 0 atom stereocenters. The third-order valence-corrected chi connectivity index (χ3v) is 1.86. The minimum Gasteiger partial charge on any atom is -0.382 e. The standard InChI is InChI=1S/C9H10N4/c1-7-6-13(12-9(7)10)8-2-4-11-5-3-8/h2-6H,1H3,(H2,10,12). The molecule has 0 radical (unpaired) electrons. The Balaban J connectivity index is 2.48. The van der Waals surface area contributed by atoms with Crippen LogP contribution < -0.4 is 5.73 Å². The van der Waals surface area contributed by atoms with Gasteiger partial charge in [0.15, 0.2) is 0 Å². The molecule has 0 amide bonds. The summed E-state index contributed by atoms with van der Waals surface area (Å²) in [5.41, 5.74) is 7.58. The van der Waals surface area contributed by atoms with E-state index in [4.69, 9.17) is 5.73 Å². The lowest BCUT2D eigenvalue weighted by atomic mass is 10.4. The number of nitrogen functional groups attached to an aromatic ring is 1. The number of pyridine rings is 1. The predicted octanol–water partition coefficient (Wildman–Crippen LogP) is 1.16. The molecule has 4 nitrogen and oxygen atoms in total. The summed E-state index contributed by atoms with van der Waals surface area (Å²) in [6.45, 7) is 1.93. The Kier molecular flexibility index (Phi) is 1.73. The highest BCUT2D eigenvalue weighted by molar-refractivity contribution is 5.40. The van der Waals surface area contributed by atoms with Gasteiger partial charge >= 0.3 is 0 Å². The fourth-order valence-electron chi connectivity index (χ4n) is 1.10. The number of rotatable bonds is 1. The Hall–Kier alpha value is -1.84. The quantitative estimate of drug-likeness (QED) is 0.705. The van der Waals surface area contributed by atoms with Crippen molar-refractivity contribution in [3.63, 3.8) is 0 Å². The highest BCUT2D eigenvalue weighted by atomic mass is 15.3. The average molecular weight is 174 g/mol.